The van der Waals surface area contributed by atoms with Crippen LogP contribution in [-0.2, 0) is 4.79 Å². The molecule has 6 aromatic rings. The smallest absolute Gasteiger partial charge is 0.227 e. The number of aromatic amines is 2. The van der Waals surface area contributed by atoms with Crippen LogP contribution in [0.25, 0.3) is 56.0 Å². The molecular weight excluding hydrogens is 485 g/mol. The number of nitrogens with one attached hydrogen (secondary N) is 3. The Labute approximate surface area is 214 Å². The molecule has 0 saturated heterocycles. The van der Waals surface area contributed by atoms with Gasteiger partial charge in [-0.25, -0.2) is 14.4 Å². The number of imidazole rings is 1. The van der Waals surface area contributed by atoms with Gasteiger partial charge in [-0.15, -0.1) is 0 Å². The Balaban J connectivity index is 1.30. The Morgan fingerprint density at radius 1 is 1.00 bits per heavy atom. The number of hydrogen-bond acceptors (Lipinski definition) is 7. The summed E-state index contributed by atoms with van der Waals surface area (Å²) in [6, 6.07) is 7.23. The van der Waals surface area contributed by atoms with E-state index in [0.29, 0.717) is 34.0 Å². The molecular formula is C27H20FN9O. The first-order valence-electron chi connectivity index (χ1n) is 12.2. The van der Waals surface area contributed by atoms with E-state index in [1.165, 1.54) is 12.4 Å². The van der Waals surface area contributed by atoms with E-state index in [0.717, 1.165) is 30.3 Å². The number of H-pyrrole nitrogens is 2. The van der Waals surface area contributed by atoms with Gasteiger partial charge in [0.1, 0.15) is 17.0 Å². The third-order valence-electron chi connectivity index (χ3n) is 6.88. The maximum Gasteiger partial charge on any atom is 0.227 e. The summed E-state index contributed by atoms with van der Waals surface area (Å²) in [7, 11) is 0. The topological polar surface area (TPSA) is 138 Å². The molecule has 0 aliphatic heterocycles. The zero-order chi connectivity index (χ0) is 25.6. The highest BCUT2D eigenvalue weighted by Crippen LogP contribution is 2.34. The molecule has 7 rings (SSSR count). The summed E-state index contributed by atoms with van der Waals surface area (Å²) >= 11 is 0. The predicted octanol–water partition coefficient (Wildman–Crippen LogP) is 4.90. The van der Waals surface area contributed by atoms with Crippen LogP contribution in [-0.4, -0.2) is 46.0 Å². The summed E-state index contributed by atoms with van der Waals surface area (Å²) in [6.45, 7) is 0. The van der Waals surface area contributed by atoms with Gasteiger partial charge in [0.05, 0.1) is 28.5 Å². The van der Waals surface area contributed by atoms with Crippen molar-refractivity contribution in [3.63, 3.8) is 0 Å². The number of fused-ring (bicyclic) bond motifs is 2. The second-order valence-electron chi connectivity index (χ2n) is 9.24. The number of anilines is 1. The number of pyridine rings is 4. The van der Waals surface area contributed by atoms with Crippen LogP contribution in [0.15, 0.2) is 61.4 Å². The van der Waals surface area contributed by atoms with Crippen LogP contribution < -0.4 is 5.32 Å². The van der Waals surface area contributed by atoms with Gasteiger partial charge in [0.25, 0.3) is 0 Å². The molecule has 0 atom stereocenters. The van der Waals surface area contributed by atoms with Crippen molar-refractivity contribution < 1.29 is 9.18 Å². The lowest BCUT2D eigenvalue weighted by Gasteiger charge is -2.24. The molecule has 1 fully saturated rings. The normalized spacial score (nSPS) is 13.6. The van der Waals surface area contributed by atoms with Crippen LogP contribution in [0.5, 0.6) is 0 Å². The standard InChI is InChI=1S/C27H20FN9O/c28-21-18(16-9-17(12-30-11-16)33-27(38)14-3-1-4-14)13-32-25-20(21)24(36-37-25)26-34-19-6-8-31-22(23(19)35-26)15-5-2-7-29-10-15/h2,5-14H,1,3-4H2,(H,33,38)(H,34,35)(H,32,36,37). The minimum absolute atomic E-state index is 0.0274. The van der Waals surface area contributed by atoms with Gasteiger partial charge in [-0.3, -0.25) is 24.8 Å². The van der Waals surface area contributed by atoms with Crippen LogP contribution in [0.2, 0.25) is 0 Å². The van der Waals surface area contributed by atoms with E-state index in [9.17, 15) is 4.79 Å². The first kappa shape index (κ1) is 22.2. The quantitative estimate of drug-likeness (QED) is 0.303. The van der Waals surface area contributed by atoms with Crippen LogP contribution in [0.3, 0.4) is 0 Å². The van der Waals surface area contributed by atoms with Crippen LogP contribution in [0.4, 0.5) is 10.1 Å². The van der Waals surface area contributed by atoms with Crippen molar-refractivity contribution in [2.75, 3.05) is 5.32 Å². The summed E-state index contributed by atoms with van der Waals surface area (Å²) in [6.07, 6.45) is 12.4. The summed E-state index contributed by atoms with van der Waals surface area (Å²) in [5, 5.41) is 10.2. The number of amides is 1. The van der Waals surface area contributed by atoms with Gasteiger partial charge in [-0.2, -0.15) is 5.10 Å². The molecule has 6 aromatic heterocycles. The number of carbonyl (C=O) groups is 1. The predicted molar refractivity (Wildman–Crippen MR) is 139 cm³/mol. The Morgan fingerprint density at radius 3 is 2.71 bits per heavy atom. The molecule has 0 bridgehead atoms. The van der Waals surface area contributed by atoms with E-state index in [1.807, 2.05) is 12.1 Å². The molecule has 10 nitrogen and oxygen atoms in total. The summed E-state index contributed by atoms with van der Waals surface area (Å²) in [5.74, 6) is -0.151. The first-order valence-corrected chi connectivity index (χ1v) is 12.2. The van der Waals surface area contributed by atoms with Crippen molar-refractivity contribution in [1.29, 1.82) is 0 Å². The number of rotatable bonds is 5. The molecule has 11 heteroatoms. The van der Waals surface area contributed by atoms with E-state index in [-0.39, 0.29) is 28.4 Å². The molecule has 3 N–H and O–H groups in total. The third-order valence-corrected chi connectivity index (χ3v) is 6.88. The Hall–Kier alpha value is -5.06. The fourth-order valence-electron chi connectivity index (χ4n) is 4.66. The number of hydrogen-bond donors (Lipinski definition) is 3. The molecule has 1 aliphatic rings. The zero-order valence-corrected chi connectivity index (χ0v) is 19.9. The third kappa shape index (κ3) is 3.67. The van der Waals surface area contributed by atoms with Crippen molar-refractivity contribution in [3.05, 3.63) is 67.3 Å². The largest absolute Gasteiger partial charge is 0.336 e. The molecule has 0 unspecified atom stereocenters. The summed E-state index contributed by atoms with van der Waals surface area (Å²) in [5.41, 5.74) is 4.64. The number of nitrogens with zero attached hydrogens (tertiary/aromatic N) is 6. The molecule has 0 aromatic carbocycles. The zero-order valence-electron chi connectivity index (χ0n) is 19.9. The first-order chi connectivity index (χ1) is 18.7. The van der Waals surface area contributed by atoms with E-state index in [1.54, 1.807) is 36.9 Å². The van der Waals surface area contributed by atoms with Gasteiger partial charge in [-0.05, 0) is 37.1 Å². The van der Waals surface area contributed by atoms with Gasteiger partial charge in [0.15, 0.2) is 11.5 Å². The summed E-state index contributed by atoms with van der Waals surface area (Å²) < 4.78 is 16.0. The Kier molecular flexibility index (Phi) is 5.13. The maximum atomic E-state index is 16.0. The van der Waals surface area contributed by atoms with E-state index in [2.05, 4.69) is 40.4 Å². The van der Waals surface area contributed by atoms with E-state index in [4.69, 9.17) is 4.98 Å². The van der Waals surface area contributed by atoms with Gasteiger partial charge < -0.3 is 10.3 Å². The van der Waals surface area contributed by atoms with Gasteiger partial charge in [0.2, 0.25) is 5.91 Å². The van der Waals surface area contributed by atoms with Crippen LogP contribution in [0.1, 0.15) is 19.3 Å². The van der Waals surface area contributed by atoms with E-state index < -0.39 is 5.82 Å². The highest BCUT2D eigenvalue weighted by atomic mass is 19.1. The number of carbonyl (C=O) groups excluding carboxylic acids is 1. The second-order valence-corrected chi connectivity index (χ2v) is 9.24. The maximum absolute atomic E-state index is 16.0. The van der Waals surface area contributed by atoms with Gasteiger partial charge in [0, 0.05) is 53.6 Å². The average Bonchev–Trinajstić information content (AvgIpc) is 3.53. The molecule has 1 saturated carbocycles. The number of aromatic nitrogens is 8. The summed E-state index contributed by atoms with van der Waals surface area (Å²) in [4.78, 5) is 37.6. The van der Waals surface area contributed by atoms with E-state index >= 15 is 4.39 Å². The van der Waals surface area contributed by atoms with Gasteiger partial charge in [-0.1, -0.05) is 6.42 Å². The van der Waals surface area contributed by atoms with Gasteiger partial charge >= 0.3 is 0 Å². The minimum Gasteiger partial charge on any atom is -0.336 e. The highest BCUT2D eigenvalue weighted by molar-refractivity contribution is 5.97. The van der Waals surface area contributed by atoms with Crippen molar-refractivity contribution in [1.82, 2.24) is 40.1 Å². The minimum atomic E-state index is -0.519. The number of halogens is 1. The fourth-order valence-corrected chi connectivity index (χ4v) is 4.66. The molecule has 1 amide bonds. The molecule has 0 radical (unpaired) electrons. The monoisotopic (exact) mass is 505 g/mol. The molecule has 0 spiro atoms. The Bertz CT molecular complexity index is 1830. The van der Waals surface area contributed by atoms with Crippen molar-refractivity contribution >= 4 is 33.7 Å². The van der Waals surface area contributed by atoms with Crippen molar-refractivity contribution in [2.24, 2.45) is 5.92 Å². The second kappa shape index (κ2) is 8.80. The molecule has 6 heterocycles. The lowest BCUT2D eigenvalue weighted by atomic mass is 9.85. The average molecular weight is 506 g/mol. The van der Waals surface area contributed by atoms with Crippen molar-refractivity contribution in [3.8, 4) is 33.9 Å². The van der Waals surface area contributed by atoms with Crippen molar-refractivity contribution in [2.45, 2.75) is 19.3 Å². The van der Waals surface area contributed by atoms with Crippen LogP contribution in [0, 0.1) is 11.7 Å². The molecule has 38 heavy (non-hydrogen) atoms. The molecule has 186 valence electrons. The lowest BCUT2D eigenvalue weighted by Crippen LogP contribution is -2.28. The lowest BCUT2D eigenvalue weighted by molar-refractivity contribution is -0.122. The fraction of sp³-hybridized carbons (Fsp3) is 0.148. The highest BCUT2D eigenvalue weighted by Gasteiger charge is 2.26. The Morgan fingerprint density at radius 2 is 1.89 bits per heavy atom. The van der Waals surface area contributed by atoms with Crippen LogP contribution >= 0.6 is 0 Å². The molecule has 1 aliphatic carbocycles. The SMILES string of the molecule is O=C(Nc1cncc(-c2cnc3[nH]nc(-c4nc5c(-c6cccnc6)nccc5[nH]4)c3c2F)c1)C1CCC1.